The number of aromatic amines is 1. The molecule has 3 rings (SSSR count). The van der Waals surface area contributed by atoms with E-state index in [9.17, 15) is 9.59 Å². The summed E-state index contributed by atoms with van der Waals surface area (Å²) in [7, 11) is 0. The zero-order valence-electron chi connectivity index (χ0n) is 16.6. The molecule has 1 atom stereocenters. The third-order valence-electron chi connectivity index (χ3n) is 4.82. The molecule has 0 saturated carbocycles. The first-order valence-electron chi connectivity index (χ1n) is 9.34. The number of nitrogens with zero attached hydrogens (tertiary/aromatic N) is 2. The Balaban J connectivity index is 1.67. The summed E-state index contributed by atoms with van der Waals surface area (Å²) in [4.78, 5) is 36.5. The second-order valence-electron chi connectivity index (χ2n) is 6.77. The van der Waals surface area contributed by atoms with Gasteiger partial charge in [0.2, 0.25) is 5.91 Å². The standard InChI is InChI=1S/C21H25N3O2S2/c1-5-24(11-16-9-7-6-8-10-16)21(26)15(4)27-12-17-22-19(25)18-13(2)14(3)28-20(18)23-17/h6-10,15H,5,11-12H2,1-4H3,(H,22,23,25). The Hall–Kier alpha value is -2.12. The van der Waals surface area contributed by atoms with Crippen LogP contribution >= 0.6 is 23.1 Å². The van der Waals surface area contributed by atoms with E-state index in [1.165, 1.54) is 11.8 Å². The number of aromatic nitrogens is 2. The lowest BCUT2D eigenvalue weighted by atomic mass is 10.2. The number of hydrogen-bond donors (Lipinski definition) is 1. The predicted octanol–water partition coefficient (Wildman–Crippen LogP) is 4.27. The molecule has 1 N–H and O–H groups in total. The molecule has 0 aliphatic rings. The van der Waals surface area contributed by atoms with Crippen LogP contribution in [-0.2, 0) is 17.1 Å². The maximum atomic E-state index is 12.8. The van der Waals surface area contributed by atoms with Crippen molar-refractivity contribution in [1.82, 2.24) is 14.9 Å². The zero-order valence-corrected chi connectivity index (χ0v) is 18.2. The molecule has 1 amide bonds. The highest BCUT2D eigenvalue weighted by Crippen LogP contribution is 2.26. The van der Waals surface area contributed by atoms with E-state index in [4.69, 9.17) is 0 Å². The van der Waals surface area contributed by atoms with Gasteiger partial charge in [0.25, 0.3) is 5.56 Å². The number of fused-ring (bicyclic) bond motifs is 1. The largest absolute Gasteiger partial charge is 0.338 e. The van der Waals surface area contributed by atoms with Crippen LogP contribution in [-0.4, -0.2) is 32.6 Å². The molecule has 0 saturated heterocycles. The van der Waals surface area contributed by atoms with Crippen LogP contribution in [0.25, 0.3) is 10.2 Å². The second-order valence-corrected chi connectivity index (χ2v) is 9.30. The van der Waals surface area contributed by atoms with Crippen molar-refractivity contribution in [1.29, 1.82) is 0 Å². The summed E-state index contributed by atoms with van der Waals surface area (Å²) in [5, 5.41) is 0.469. The van der Waals surface area contributed by atoms with E-state index in [1.54, 1.807) is 11.3 Å². The molecule has 1 aromatic carbocycles. The lowest BCUT2D eigenvalue weighted by molar-refractivity contribution is -0.130. The summed E-state index contributed by atoms with van der Waals surface area (Å²) in [5.41, 5.74) is 2.02. The van der Waals surface area contributed by atoms with Crippen LogP contribution in [0.3, 0.4) is 0 Å². The maximum absolute atomic E-state index is 12.8. The van der Waals surface area contributed by atoms with Gasteiger partial charge in [0.05, 0.1) is 16.4 Å². The fourth-order valence-electron chi connectivity index (χ4n) is 3.05. The Morgan fingerprint density at radius 2 is 2.00 bits per heavy atom. The Morgan fingerprint density at radius 3 is 2.68 bits per heavy atom. The molecule has 148 valence electrons. The van der Waals surface area contributed by atoms with Crippen molar-refractivity contribution in [2.75, 3.05) is 6.54 Å². The maximum Gasteiger partial charge on any atom is 0.259 e. The molecule has 7 heteroatoms. The van der Waals surface area contributed by atoms with E-state index in [0.717, 1.165) is 20.8 Å². The molecule has 3 aromatic rings. The van der Waals surface area contributed by atoms with E-state index >= 15 is 0 Å². The molecule has 0 spiro atoms. The molecule has 0 aliphatic heterocycles. The topological polar surface area (TPSA) is 66.1 Å². The first kappa shape index (κ1) is 20.6. The van der Waals surface area contributed by atoms with Crippen LogP contribution in [0.1, 0.15) is 35.7 Å². The van der Waals surface area contributed by atoms with E-state index in [-0.39, 0.29) is 16.7 Å². The number of thiophene rings is 1. The normalized spacial score (nSPS) is 12.3. The highest BCUT2D eigenvalue weighted by molar-refractivity contribution is 7.99. The average molecular weight is 416 g/mol. The van der Waals surface area contributed by atoms with Crippen LogP contribution in [0.2, 0.25) is 0 Å². The Bertz CT molecular complexity index is 1030. The zero-order chi connectivity index (χ0) is 20.3. The van der Waals surface area contributed by atoms with Crippen molar-refractivity contribution < 1.29 is 4.79 Å². The number of aryl methyl sites for hydroxylation is 2. The van der Waals surface area contributed by atoms with Gasteiger partial charge in [-0.15, -0.1) is 23.1 Å². The number of rotatable bonds is 7. The molecule has 0 aliphatic carbocycles. The van der Waals surface area contributed by atoms with Gasteiger partial charge in [-0.3, -0.25) is 9.59 Å². The average Bonchev–Trinajstić information content (AvgIpc) is 2.98. The van der Waals surface area contributed by atoms with Gasteiger partial charge in [0, 0.05) is 18.0 Å². The number of thioether (sulfide) groups is 1. The highest BCUT2D eigenvalue weighted by atomic mass is 32.2. The number of nitrogens with one attached hydrogen (secondary N) is 1. The van der Waals surface area contributed by atoms with Gasteiger partial charge < -0.3 is 9.88 Å². The summed E-state index contributed by atoms with van der Waals surface area (Å²) >= 11 is 3.04. The summed E-state index contributed by atoms with van der Waals surface area (Å²) < 4.78 is 0. The van der Waals surface area contributed by atoms with E-state index in [0.29, 0.717) is 30.1 Å². The van der Waals surface area contributed by atoms with Crippen molar-refractivity contribution in [3.63, 3.8) is 0 Å². The van der Waals surface area contributed by atoms with Crippen molar-refractivity contribution in [3.8, 4) is 0 Å². The molecular formula is C21H25N3O2S2. The van der Waals surface area contributed by atoms with Crippen molar-refractivity contribution in [2.24, 2.45) is 0 Å². The number of hydrogen-bond acceptors (Lipinski definition) is 5. The van der Waals surface area contributed by atoms with Gasteiger partial charge in [-0.05, 0) is 38.8 Å². The van der Waals surface area contributed by atoms with Crippen LogP contribution in [0.15, 0.2) is 35.1 Å². The SMILES string of the molecule is CCN(Cc1ccccc1)C(=O)C(C)SCc1nc2sc(C)c(C)c2c(=O)[nH]1. The third-order valence-corrected chi connectivity index (χ3v) is 7.06. The first-order chi connectivity index (χ1) is 13.4. The molecule has 28 heavy (non-hydrogen) atoms. The number of carbonyl (C=O) groups is 1. The molecule has 2 aromatic heterocycles. The molecule has 0 fully saturated rings. The van der Waals surface area contributed by atoms with Gasteiger partial charge in [0.1, 0.15) is 10.7 Å². The molecule has 2 heterocycles. The van der Waals surface area contributed by atoms with Crippen molar-refractivity contribution in [2.45, 2.75) is 45.2 Å². The quantitative estimate of drug-likeness (QED) is 0.626. The van der Waals surface area contributed by atoms with Crippen LogP contribution in [0.4, 0.5) is 0 Å². The van der Waals surface area contributed by atoms with Crippen molar-refractivity contribution >= 4 is 39.2 Å². The van der Waals surface area contributed by atoms with Gasteiger partial charge in [-0.1, -0.05) is 30.3 Å². The van der Waals surface area contributed by atoms with E-state index < -0.39 is 0 Å². The van der Waals surface area contributed by atoms with Crippen LogP contribution < -0.4 is 5.56 Å². The number of benzene rings is 1. The minimum atomic E-state index is -0.212. The van der Waals surface area contributed by atoms with Gasteiger partial charge in [-0.25, -0.2) is 4.98 Å². The Morgan fingerprint density at radius 1 is 1.29 bits per heavy atom. The summed E-state index contributed by atoms with van der Waals surface area (Å²) in [6, 6.07) is 10.0. The van der Waals surface area contributed by atoms with Gasteiger partial charge in [0.15, 0.2) is 0 Å². The summed E-state index contributed by atoms with van der Waals surface area (Å²) in [6.45, 7) is 9.13. The lowest BCUT2D eigenvalue weighted by Gasteiger charge is -2.24. The smallest absolute Gasteiger partial charge is 0.259 e. The molecule has 0 bridgehead atoms. The Labute approximate surface area is 173 Å². The fraction of sp³-hybridized carbons (Fsp3) is 0.381. The molecular weight excluding hydrogens is 390 g/mol. The minimum Gasteiger partial charge on any atom is -0.338 e. The first-order valence-corrected chi connectivity index (χ1v) is 11.2. The minimum absolute atomic E-state index is 0.0966. The number of carbonyl (C=O) groups excluding carboxylic acids is 1. The van der Waals surface area contributed by atoms with Crippen LogP contribution in [0, 0.1) is 13.8 Å². The summed E-state index contributed by atoms with van der Waals surface area (Å²) in [5.74, 6) is 1.22. The highest BCUT2D eigenvalue weighted by Gasteiger charge is 2.21. The Kier molecular flexibility index (Phi) is 6.57. The van der Waals surface area contributed by atoms with Crippen LogP contribution in [0.5, 0.6) is 0 Å². The number of H-pyrrole nitrogens is 1. The van der Waals surface area contributed by atoms with Gasteiger partial charge >= 0.3 is 0 Å². The lowest BCUT2D eigenvalue weighted by Crippen LogP contribution is -2.36. The molecule has 0 radical (unpaired) electrons. The van der Waals surface area contributed by atoms with Crippen molar-refractivity contribution in [3.05, 3.63) is 62.5 Å². The van der Waals surface area contributed by atoms with E-state index in [2.05, 4.69) is 9.97 Å². The second kappa shape index (κ2) is 8.92. The predicted molar refractivity (Wildman–Crippen MR) is 118 cm³/mol. The molecule has 5 nitrogen and oxygen atoms in total. The summed E-state index contributed by atoms with van der Waals surface area (Å²) in [6.07, 6.45) is 0. The third kappa shape index (κ3) is 4.47. The van der Waals surface area contributed by atoms with Gasteiger partial charge in [-0.2, -0.15) is 0 Å². The fourth-order valence-corrected chi connectivity index (χ4v) is 4.93. The molecule has 1 unspecified atom stereocenters. The monoisotopic (exact) mass is 415 g/mol. The number of amides is 1. The van der Waals surface area contributed by atoms with E-state index in [1.807, 2.05) is 62.9 Å².